The molecule has 1 saturated heterocycles. The minimum absolute atomic E-state index is 0.190. The molecule has 2 aromatic rings. The van der Waals surface area contributed by atoms with Gasteiger partial charge in [0.25, 0.3) is 5.91 Å². The number of nitrogens with one attached hydrogen (secondary N) is 2. The second-order valence-electron chi connectivity index (χ2n) is 8.65. The van der Waals surface area contributed by atoms with E-state index < -0.39 is 11.3 Å². The summed E-state index contributed by atoms with van der Waals surface area (Å²) < 4.78 is 0. The van der Waals surface area contributed by atoms with Crippen molar-refractivity contribution in [3.8, 4) is 0 Å². The zero-order valence-electron chi connectivity index (χ0n) is 18.1. The lowest BCUT2D eigenvalue weighted by molar-refractivity contribution is -0.143. The van der Waals surface area contributed by atoms with Crippen LogP contribution >= 0.6 is 0 Å². The molecule has 1 spiro atoms. The number of carbonyl (C=O) groups is 4. The Labute approximate surface area is 187 Å². The van der Waals surface area contributed by atoms with Gasteiger partial charge in [0.2, 0.25) is 17.7 Å². The number of amides is 4. The van der Waals surface area contributed by atoms with E-state index in [1.807, 2.05) is 37.3 Å². The van der Waals surface area contributed by atoms with Gasteiger partial charge in [-0.2, -0.15) is 0 Å². The summed E-state index contributed by atoms with van der Waals surface area (Å²) in [4.78, 5) is 51.9. The SMILES string of the molecule is CC(NC(=O)c1ccccc1NC(=O)CN1C(=O)CC2(CCCC2)C1=O)c1ccccc1. The molecule has 0 radical (unpaired) electrons. The maximum atomic E-state index is 12.9. The number of imide groups is 1. The molecule has 1 aliphatic carbocycles. The van der Waals surface area contributed by atoms with E-state index in [-0.39, 0.29) is 36.7 Å². The van der Waals surface area contributed by atoms with Crippen molar-refractivity contribution in [2.24, 2.45) is 5.41 Å². The number of likely N-dealkylation sites (tertiary alicyclic amines) is 1. The van der Waals surface area contributed by atoms with Crippen molar-refractivity contribution in [2.45, 2.75) is 45.1 Å². The number of nitrogens with zero attached hydrogens (tertiary/aromatic N) is 1. The summed E-state index contributed by atoms with van der Waals surface area (Å²) in [7, 11) is 0. The first-order chi connectivity index (χ1) is 15.4. The van der Waals surface area contributed by atoms with E-state index in [0.29, 0.717) is 24.1 Å². The Balaban J connectivity index is 1.43. The van der Waals surface area contributed by atoms with E-state index in [9.17, 15) is 19.2 Å². The first kappa shape index (κ1) is 21.7. The van der Waals surface area contributed by atoms with Crippen LogP contribution in [-0.2, 0) is 14.4 Å². The van der Waals surface area contributed by atoms with E-state index >= 15 is 0 Å². The van der Waals surface area contributed by atoms with Gasteiger partial charge in [-0.05, 0) is 37.5 Å². The molecule has 1 aliphatic heterocycles. The third kappa shape index (κ3) is 4.28. The van der Waals surface area contributed by atoms with Crippen molar-refractivity contribution in [3.63, 3.8) is 0 Å². The monoisotopic (exact) mass is 433 g/mol. The van der Waals surface area contributed by atoms with Crippen LogP contribution in [0.3, 0.4) is 0 Å². The van der Waals surface area contributed by atoms with Gasteiger partial charge in [0.15, 0.2) is 0 Å². The lowest BCUT2D eigenvalue weighted by Crippen LogP contribution is -2.40. The van der Waals surface area contributed by atoms with Gasteiger partial charge in [-0.25, -0.2) is 0 Å². The van der Waals surface area contributed by atoms with Crippen LogP contribution in [0, 0.1) is 5.41 Å². The number of benzene rings is 2. The summed E-state index contributed by atoms with van der Waals surface area (Å²) in [5.41, 5.74) is 1.01. The Kier molecular flexibility index (Phi) is 6.08. The Morgan fingerprint density at radius 3 is 2.38 bits per heavy atom. The van der Waals surface area contributed by atoms with E-state index in [4.69, 9.17) is 0 Å². The average Bonchev–Trinajstić information content (AvgIpc) is 3.35. The van der Waals surface area contributed by atoms with Crippen LogP contribution in [-0.4, -0.2) is 35.1 Å². The van der Waals surface area contributed by atoms with Crippen molar-refractivity contribution in [1.82, 2.24) is 10.2 Å². The molecule has 4 amide bonds. The van der Waals surface area contributed by atoms with E-state index in [1.54, 1.807) is 24.3 Å². The Morgan fingerprint density at radius 2 is 1.66 bits per heavy atom. The highest BCUT2D eigenvalue weighted by molar-refractivity contribution is 6.10. The van der Waals surface area contributed by atoms with Crippen molar-refractivity contribution in [2.75, 3.05) is 11.9 Å². The number of para-hydroxylation sites is 1. The minimum atomic E-state index is -0.608. The van der Waals surface area contributed by atoms with Gasteiger partial charge < -0.3 is 10.6 Å². The molecule has 1 atom stereocenters. The molecule has 2 aromatic carbocycles. The molecule has 1 saturated carbocycles. The molecule has 32 heavy (non-hydrogen) atoms. The van der Waals surface area contributed by atoms with Crippen molar-refractivity contribution in [3.05, 3.63) is 65.7 Å². The molecule has 0 bridgehead atoms. The van der Waals surface area contributed by atoms with E-state index in [1.165, 1.54) is 0 Å². The number of anilines is 1. The molecule has 1 heterocycles. The highest BCUT2D eigenvalue weighted by atomic mass is 16.2. The summed E-state index contributed by atoms with van der Waals surface area (Å²) in [6.07, 6.45) is 3.47. The molecular formula is C25H27N3O4. The Morgan fingerprint density at radius 1 is 1.00 bits per heavy atom. The van der Waals surface area contributed by atoms with Gasteiger partial charge >= 0.3 is 0 Å². The number of carbonyl (C=O) groups excluding carboxylic acids is 4. The van der Waals surface area contributed by atoms with E-state index in [2.05, 4.69) is 10.6 Å². The molecule has 166 valence electrons. The second-order valence-corrected chi connectivity index (χ2v) is 8.65. The maximum Gasteiger partial charge on any atom is 0.253 e. The third-order valence-electron chi connectivity index (χ3n) is 6.44. The smallest absolute Gasteiger partial charge is 0.253 e. The fourth-order valence-electron chi connectivity index (χ4n) is 4.69. The van der Waals surface area contributed by atoms with Gasteiger partial charge in [-0.15, -0.1) is 0 Å². The van der Waals surface area contributed by atoms with Crippen LogP contribution in [0.4, 0.5) is 5.69 Å². The highest BCUT2D eigenvalue weighted by Crippen LogP contribution is 2.46. The van der Waals surface area contributed by atoms with Crippen molar-refractivity contribution < 1.29 is 19.2 Å². The van der Waals surface area contributed by atoms with Gasteiger partial charge in [0, 0.05) is 6.42 Å². The number of hydrogen-bond acceptors (Lipinski definition) is 4. The summed E-state index contributed by atoms with van der Waals surface area (Å²) in [6.45, 7) is 1.55. The van der Waals surface area contributed by atoms with Gasteiger partial charge in [-0.1, -0.05) is 55.3 Å². The normalized spacial score (nSPS) is 18.1. The van der Waals surface area contributed by atoms with Crippen LogP contribution in [0.15, 0.2) is 54.6 Å². The minimum Gasteiger partial charge on any atom is -0.345 e. The van der Waals surface area contributed by atoms with Crippen molar-refractivity contribution >= 4 is 29.3 Å². The molecular weight excluding hydrogens is 406 g/mol. The third-order valence-corrected chi connectivity index (χ3v) is 6.44. The quantitative estimate of drug-likeness (QED) is 0.682. The largest absolute Gasteiger partial charge is 0.345 e. The second kappa shape index (κ2) is 8.94. The zero-order valence-corrected chi connectivity index (χ0v) is 18.1. The van der Waals surface area contributed by atoms with Crippen LogP contribution in [0.2, 0.25) is 0 Å². The van der Waals surface area contributed by atoms with Crippen LogP contribution < -0.4 is 10.6 Å². The fourth-order valence-corrected chi connectivity index (χ4v) is 4.69. The lowest BCUT2D eigenvalue weighted by atomic mass is 9.84. The molecule has 0 aromatic heterocycles. The van der Waals surface area contributed by atoms with Gasteiger partial charge in [0.1, 0.15) is 6.54 Å². The first-order valence-electron chi connectivity index (χ1n) is 11.0. The molecule has 2 fully saturated rings. The predicted octanol–water partition coefficient (Wildman–Crippen LogP) is 3.44. The first-order valence-corrected chi connectivity index (χ1v) is 11.0. The van der Waals surface area contributed by atoms with Crippen molar-refractivity contribution in [1.29, 1.82) is 0 Å². The fraction of sp³-hybridized carbons (Fsp3) is 0.360. The summed E-state index contributed by atoms with van der Waals surface area (Å²) >= 11 is 0. The molecule has 2 N–H and O–H groups in total. The Hall–Kier alpha value is -3.48. The highest BCUT2D eigenvalue weighted by Gasteiger charge is 2.52. The van der Waals surface area contributed by atoms with E-state index in [0.717, 1.165) is 23.3 Å². The molecule has 7 heteroatoms. The molecule has 2 aliphatic rings. The van der Waals surface area contributed by atoms with Crippen LogP contribution in [0.1, 0.15) is 61.0 Å². The predicted molar refractivity (Wildman–Crippen MR) is 120 cm³/mol. The maximum absolute atomic E-state index is 12.9. The van der Waals surface area contributed by atoms with Gasteiger partial charge in [-0.3, -0.25) is 24.1 Å². The summed E-state index contributed by atoms with van der Waals surface area (Å²) in [6, 6.07) is 16.1. The summed E-state index contributed by atoms with van der Waals surface area (Å²) in [5.74, 6) is -1.36. The van der Waals surface area contributed by atoms with Crippen LogP contribution in [0.5, 0.6) is 0 Å². The Bertz CT molecular complexity index is 1040. The molecule has 4 rings (SSSR count). The summed E-state index contributed by atoms with van der Waals surface area (Å²) in [5, 5.41) is 5.64. The zero-order chi connectivity index (χ0) is 22.7. The number of hydrogen-bond donors (Lipinski definition) is 2. The van der Waals surface area contributed by atoms with Crippen LogP contribution in [0.25, 0.3) is 0 Å². The standard InChI is InChI=1S/C25H27N3O4/c1-17(18-9-3-2-4-10-18)26-23(31)19-11-5-6-12-20(19)27-21(29)16-28-22(30)15-25(24(28)32)13-7-8-14-25/h2-6,9-12,17H,7-8,13-16H2,1H3,(H,26,31)(H,27,29). The van der Waals surface area contributed by atoms with Gasteiger partial charge in [0.05, 0.1) is 22.7 Å². The molecule has 1 unspecified atom stereocenters. The average molecular weight is 434 g/mol. The lowest BCUT2D eigenvalue weighted by Gasteiger charge is -2.21. The topological polar surface area (TPSA) is 95.6 Å². The molecule has 7 nitrogen and oxygen atoms in total. The number of rotatable bonds is 6.